The maximum atomic E-state index is 12.3. The minimum atomic E-state index is -0.406. The van der Waals surface area contributed by atoms with Gasteiger partial charge in [0.05, 0.1) is 12.2 Å². The van der Waals surface area contributed by atoms with Crippen LogP contribution in [0.15, 0.2) is 42.7 Å². The summed E-state index contributed by atoms with van der Waals surface area (Å²) < 4.78 is 4.95. The Labute approximate surface area is 129 Å². The number of amides is 1. The summed E-state index contributed by atoms with van der Waals surface area (Å²) in [5.41, 5.74) is 2.42. The van der Waals surface area contributed by atoms with Crippen LogP contribution in [0.4, 0.5) is 5.69 Å². The van der Waals surface area contributed by atoms with Crippen LogP contribution in [-0.2, 0) is 11.2 Å². The van der Waals surface area contributed by atoms with E-state index >= 15 is 0 Å². The zero-order valence-electron chi connectivity index (χ0n) is 12.6. The van der Waals surface area contributed by atoms with E-state index in [-0.39, 0.29) is 5.91 Å². The Morgan fingerprint density at radius 3 is 2.77 bits per heavy atom. The van der Waals surface area contributed by atoms with Gasteiger partial charge in [0.2, 0.25) is 0 Å². The Bertz CT molecular complexity index is 683. The van der Waals surface area contributed by atoms with Crippen LogP contribution >= 0.6 is 0 Å². The van der Waals surface area contributed by atoms with Crippen LogP contribution < -0.4 is 5.32 Å². The molecule has 1 heterocycles. The van der Waals surface area contributed by atoms with Crippen LogP contribution in [0.5, 0.6) is 0 Å². The SMILES string of the molecule is CCOC(=O)c1cccc(NC(=O)c2ccncc2CC)c1. The second-order valence-electron chi connectivity index (χ2n) is 4.64. The Balaban J connectivity index is 2.18. The zero-order chi connectivity index (χ0) is 15.9. The van der Waals surface area contributed by atoms with Gasteiger partial charge in [-0.1, -0.05) is 13.0 Å². The summed E-state index contributed by atoms with van der Waals surface area (Å²) in [6.45, 7) is 4.03. The normalized spacial score (nSPS) is 10.1. The highest BCUT2D eigenvalue weighted by Crippen LogP contribution is 2.15. The Morgan fingerprint density at radius 2 is 2.05 bits per heavy atom. The number of ether oxygens (including phenoxy) is 1. The van der Waals surface area contributed by atoms with Gasteiger partial charge in [-0.25, -0.2) is 4.79 Å². The first kappa shape index (κ1) is 15.7. The first-order valence-electron chi connectivity index (χ1n) is 7.17. The quantitative estimate of drug-likeness (QED) is 0.861. The van der Waals surface area contributed by atoms with Crippen LogP contribution in [0.1, 0.15) is 40.1 Å². The lowest BCUT2D eigenvalue weighted by Crippen LogP contribution is -2.15. The predicted octanol–water partition coefficient (Wildman–Crippen LogP) is 3.07. The molecule has 0 aliphatic carbocycles. The number of anilines is 1. The number of carbonyl (C=O) groups excluding carboxylic acids is 2. The standard InChI is InChI=1S/C17H18N2O3/c1-3-12-11-18-9-8-15(12)16(20)19-14-7-5-6-13(10-14)17(21)22-4-2/h5-11H,3-4H2,1-2H3,(H,19,20). The summed E-state index contributed by atoms with van der Waals surface area (Å²) in [4.78, 5) is 28.1. The van der Waals surface area contributed by atoms with Gasteiger partial charge in [0.1, 0.15) is 0 Å². The van der Waals surface area contributed by atoms with Crippen molar-refractivity contribution in [3.8, 4) is 0 Å². The molecule has 0 aliphatic rings. The maximum absolute atomic E-state index is 12.3. The maximum Gasteiger partial charge on any atom is 0.338 e. The van der Waals surface area contributed by atoms with Gasteiger partial charge < -0.3 is 10.1 Å². The molecule has 0 unspecified atom stereocenters. The van der Waals surface area contributed by atoms with Gasteiger partial charge in [-0.3, -0.25) is 9.78 Å². The number of esters is 1. The minimum absolute atomic E-state index is 0.222. The van der Waals surface area contributed by atoms with E-state index in [1.54, 1.807) is 49.6 Å². The molecule has 0 radical (unpaired) electrons. The van der Waals surface area contributed by atoms with Gasteiger partial charge in [0.25, 0.3) is 5.91 Å². The predicted molar refractivity (Wildman–Crippen MR) is 84.0 cm³/mol. The molecule has 0 saturated carbocycles. The third-order valence-electron chi connectivity index (χ3n) is 3.16. The third kappa shape index (κ3) is 3.69. The van der Waals surface area contributed by atoms with Crippen molar-refractivity contribution in [1.82, 2.24) is 4.98 Å². The Kier molecular flexibility index (Phi) is 5.25. The second kappa shape index (κ2) is 7.36. The second-order valence-corrected chi connectivity index (χ2v) is 4.64. The largest absolute Gasteiger partial charge is 0.462 e. The molecule has 2 aromatic rings. The summed E-state index contributed by atoms with van der Waals surface area (Å²) in [5.74, 6) is -0.628. The van der Waals surface area contributed by atoms with Crippen molar-refractivity contribution in [2.24, 2.45) is 0 Å². The smallest absolute Gasteiger partial charge is 0.338 e. The molecule has 0 aliphatic heterocycles. The van der Waals surface area contributed by atoms with E-state index in [1.807, 2.05) is 6.92 Å². The topological polar surface area (TPSA) is 68.3 Å². The van der Waals surface area contributed by atoms with Crippen molar-refractivity contribution in [3.63, 3.8) is 0 Å². The first-order chi connectivity index (χ1) is 10.7. The number of rotatable bonds is 5. The molecular weight excluding hydrogens is 280 g/mol. The molecule has 2 rings (SSSR count). The van der Waals surface area contributed by atoms with Gasteiger partial charge >= 0.3 is 5.97 Å². The lowest BCUT2D eigenvalue weighted by molar-refractivity contribution is 0.0526. The monoisotopic (exact) mass is 298 g/mol. The molecule has 1 aromatic heterocycles. The third-order valence-corrected chi connectivity index (χ3v) is 3.16. The summed E-state index contributed by atoms with van der Waals surface area (Å²) in [6.07, 6.45) is 3.99. The van der Waals surface area contributed by atoms with Crippen molar-refractivity contribution in [1.29, 1.82) is 0 Å². The summed E-state index contributed by atoms with van der Waals surface area (Å²) in [5, 5.41) is 2.80. The Morgan fingerprint density at radius 1 is 1.23 bits per heavy atom. The molecule has 0 bridgehead atoms. The van der Waals surface area contributed by atoms with E-state index in [1.165, 1.54) is 0 Å². The van der Waals surface area contributed by atoms with Crippen molar-refractivity contribution < 1.29 is 14.3 Å². The zero-order valence-corrected chi connectivity index (χ0v) is 12.6. The molecule has 1 amide bonds. The van der Waals surface area contributed by atoms with Crippen molar-refractivity contribution in [3.05, 3.63) is 59.4 Å². The lowest BCUT2D eigenvalue weighted by Gasteiger charge is -2.09. The van der Waals surface area contributed by atoms with Crippen molar-refractivity contribution in [2.45, 2.75) is 20.3 Å². The van der Waals surface area contributed by atoms with Crippen LogP contribution in [0.25, 0.3) is 0 Å². The van der Waals surface area contributed by atoms with Gasteiger partial charge in [-0.2, -0.15) is 0 Å². The highest BCUT2D eigenvalue weighted by atomic mass is 16.5. The molecule has 22 heavy (non-hydrogen) atoms. The number of hydrogen-bond acceptors (Lipinski definition) is 4. The van der Waals surface area contributed by atoms with E-state index in [2.05, 4.69) is 10.3 Å². The van der Waals surface area contributed by atoms with Crippen molar-refractivity contribution >= 4 is 17.6 Å². The average molecular weight is 298 g/mol. The van der Waals surface area contributed by atoms with Crippen LogP contribution in [0.3, 0.4) is 0 Å². The van der Waals surface area contributed by atoms with Crippen LogP contribution in [0, 0.1) is 0 Å². The van der Waals surface area contributed by atoms with Crippen LogP contribution in [-0.4, -0.2) is 23.5 Å². The number of nitrogens with one attached hydrogen (secondary N) is 1. The number of aryl methyl sites for hydroxylation is 1. The van der Waals surface area contributed by atoms with Gasteiger partial charge in [0, 0.05) is 23.6 Å². The number of nitrogens with zero attached hydrogens (tertiary/aromatic N) is 1. The van der Waals surface area contributed by atoms with E-state index in [4.69, 9.17) is 4.74 Å². The summed E-state index contributed by atoms with van der Waals surface area (Å²) in [7, 11) is 0. The van der Waals surface area contributed by atoms with Gasteiger partial charge in [0.15, 0.2) is 0 Å². The molecule has 5 heteroatoms. The van der Waals surface area contributed by atoms with Crippen molar-refractivity contribution in [2.75, 3.05) is 11.9 Å². The Hall–Kier alpha value is -2.69. The molecule has 1 N–H and O–H groups in total. The number of hydrogen-bond donors (Lipinski definition) is 1. The number of pyridine rings is 1. The molecule has 0 fully saturated rings. The summed E-state index contributed by atoms with van der Waals surface area (Å²) in [6, 6.07) is 8.37. The summed E-state index contributed by atoms with van der Waals surface area (Å²) >= 11 is 0. The van der Waals surface area contributed by atoms with Crippen LogP contribution in [0.2, 0.25) is 0 Å². The van der Waals surface area contributed by atoms with E-state index in [9.17, 15) is 9.59 Å². The fourth-order valence-electron chi connectivity index (χ4n) is 2.07. The molecular formula is C17H18N2O3. The number of aromatic nitrogens is 1. The van der Waals surface area contributed by atoms with Gasteiger partial charge in [-0.05, 0) is 43.2 Å². The molecule has 0 atom stereocenters. The van der Waals surface area contributed by atoms with E-state index in [0.717, 1.165) is 12.0 Å². The highest BCUT2D eigenvalue weighted by molar-refractivity contribution is 6.05. The molecule has 5 nitrogen and oxygen atoms in total. The fourth-order valence-corrected chi connectivity index (χ4v) is 2.07. The molecule has 114 valence electrons. The molecule has 0 spiro atoms. The fraction of sp³-hybridized carbons (Fsp3) is 0.235. The lowest BCUT2D eigenvalue weighted by atomic mass is 10.1. The number of benzene rings is 1. The average Bonchev–Trinajstić information content (AvgIpc) is 2.55. The highest BCUT2D eigenvalue weighted by Gasteiger charge is 2.12. The minimum Gasteiger partial charge on any atom is -0.462 e. The van der Waals surface area contributed by atoms with E-state index in [0.29, 0.717) is 23.4 Å². The van der Waals surface area contributed by atoms with Gasteiger partial charge in [-0.15, -0.1) is 0 Å². The number of carbonyl (C=O) groups is 2. The first-order valence-corrected chi connectivity index (χ1v) is 7.17. The van der Waals surface area contributed by atoms with E-state index < -0.39 is 5.97 Å². The molecule has 1 aromatic carbocycles. The molecule has 0 saturated heterocycles.